The van der Waals surface area contributed by atoms with E-state index in [-0.39, 0.29) is 18.2 Å². The molecule has 90 valence electrons. The van der Waals surface area contributed by atoms with Crippen LogP contribution in [0, 0.1) is 11.3 Å². The van der Waals surface area contributed by atoms with E-state index in [0.717, 1.165) is 0 Å². The molecule has 1 aromatic heterocycles. The van der Waals surface area contributed by atoms with Gasteiger partial charge in [-0.25, -0.2) is 9.97 Å². The number of likely N-dealkylation sites (N-methyl/N-ethyl adjacent to an activating group) is 1. The molecule has 0 aliphatic carbocycles. The summed E-state index contributed by atoms with van der Waals surface area (Å²) in [5.74, 6) is 0.0643. The number of hydrogen-bond donors (Lipinski definition) is 0. The standard InChI is InChI=1S/C11H14N4O2/c1-3-15(8-10(16)17-4-2)11-9(7-12)13-5-6-14-11/h5-6H,3-4,8H2,1-2H3. The third-order valence-electron chi connectivity index (χ3n) is 2.09. The molecule has 0 radical (unpaired) electrons. The zero-order chi connectivity index (χ0) is 12.7. The molecule has 0 aliphatic heterocycles. The van der Waals surface area contributed by atoms with Gasteiger partial charge in [0.15, 0.2) is 11.5 Å². The molecule has 0 amide bonds. The van der Waals surface area contributed by atoms with E-state index in [4.69, 9.17) is 10.00 Å². The van der Waals surface area contributed by atoms with E-state index in [0.29, 0.717) is 19.0 Å². The van der Waals surface area contributed by atoms with Crippen LogP contribution in [0.15, 0.2) is 12.4 Å². The maximum Gasteiger partial charge on any atom is 0.325 e. The van der Waals surface area contributed by atoms with Crippen molar-refractivity contribution in [1.82, 2.24) is 9.97 Å². The molecule has 1 rings (SSSR count). The fraction of sp³-hybridized carbons (Fsp3) is 0.455. The van der Waals surface area contributed by atoms with Gasteiger partial charge in [0, 0.05) is 18.9 Å². The van der Waals surface area contributed by atoms with Crippen molar-refractivity contribution in [2.24, 2.45) is 0 Å². The van der Waals surface area contributed by atoms with Crippen molar-refractivity contribution in [3.05, 3.63) is 18.1 Å². The Kier molecular flexibility index (Phi) is 4.88. The molecule has 0 unspecified atom stereocenters. The van der Waals surface area contributed by atoms with Gasteiger partial charge < -0.3 is 9.64 Å². The maximum atomic E-state index is 11.4. The van der Waals surface area contributed by atoms with Crippen LogP contribution in [0.5, 0.6) is 0 Å². The summed E-state index contributed by atoms with van der Waals surface area (Å²) in [6.45, 7) is 4.57. The number of carbonyl (C=O) groups excluding carboxylic acids is 1. The van der Waals surface area contributed by atoms with Crippen molar-refractivity contribution in [3.8, 4) is 6.07 Å². The molecule has 17 heavy (non-hydrogen) atoms. The topological polar surface area (TPSA) is 79.1 Å². The Balaban J connectivity index is 2.87. The van der Waals surface area contributed by atoms with Crippen molar-refractivity contribution in [2.75, 3.05) is 24.6 Å². The second-order valence-electron chi connectivity index (χ2n) is 3.16. The molecule has 0 bridgehead atoms. The lowest BCUT2D eigenvalue weighted by Crippen LogP contribution is -2.32. The zero-order valence-electron chi connectivity index (χ0n) is 9.88. The Bertz CT molecular complexity index is 428. The predicted octanol–water partition coefficient (Wildman–Crippen LogP) is 0.738. The number of carbonyl (C=O) groups is 1. The summed E-state index contributed by atoms with van der Waals surface area (Å²) in [6.07, 6.45) is 2.93. The number of nitriles is 1. The van der Waals surface area contributed by atoms with Crippen LogP contribution in [0.2, 0.25) is 0 Å². The van der Waals surface area contributed by atoms with E-state index in [1.807, 2.05) is 13.0 Å². The van der Waals surface area contributed by atoms with Crippen LogP contribution in [0.25, 0.3) is 0 Å². The lowest BCUT2D eigenvalue weighted by molar-refractivity contribution is -0.141. The molecule has 1 heterocycles. The first-order valence-electron chi connectivity index (χ1n) is 5.34. The molecule has 0 N–H and O–H groups in total. The first-order chi connectivity index (χ1) is 8.22. The van der Waals surface area contributed by atoms with Crippen molar-refractivity contribution < 1.29 is 9.53 Å². The predicted molar refractivity (Wildman–Crippen MR) is 61.3 cm³/mol. The van der Waals surface area contributed by atoms with Gasteiger partial charge in [-0.05, 0) is 13.8 Å². The smallest absolute Gasteiger partial charge is 0.325 e. The van der Waals surface area contributed by atoms with Crippen LogP contribution >= 0.6 is 0 Å². The fourth-order valence-electron chi connectivity index (χ4n) is 1.34. The highest BCUT2D eigenvalue weighted by atomic mass is 16.5. The minimum atomic E-state index is -0.344. The number of aromatic nitrogens is 2. The Morgan fingerprint density at radius 2 is 2.18 bits per heavy atom. The van der Waals surface area contributed by atoms with E-state index < -0.39 is 0 Å². The van der Waals surface area contributed by atoms with Gasteiger partial charge in [-0.3, -0.25) is 4.79 Å². The monoisotopic (exact) mass is 234 g/mol. The number of esters is 1. The molecule has 0 saturated carbocycles. The highest BCUT2D eigenvalue weighted by Gasteiger charge is 2.15. The van der Waals surface area contributed by atoms with Gasteiger partial charge in [0.2, 0.25) is 0 Å². The van der Waals surface area contributed by atoms with Gasteiger partial charge in [-0.15, -0.1) is 0 Å². The summed E-state index contributed by atoms with van der Waals surface area (Å²) >= 11 is 0. The first-order valence-corrected chi connectivity index (χ1v) is 5.34. The van der Waals surface area contributed by atoms with Crippen molar-refractivity contribution >= 4 is 11.8 Å². The highest BCUT2D eigenvalue weighted by Crippen LogP contribution is 2.13. The van der Waals surface area contributed by atoms with Crippen molar-refractivity contribution in [2.45, 2.75) is 13.8 Å². The molecule has 6 heteroatoms. The molecule has 0 aliphatic rings. The maximum absolute atomic E-state index is 11.4. The van der Waals surface area contributed by atoms with Gasteiger partial charge in [0.25, 0.3) is 0 Å². The average Bonchev–Trinajstić information content (AvgIpc) is 2.36. The van der Waals surface area contributed by atoms with E-state index in [1.165, 1.54) is 12.4 Å². The molecular weight excluding hydrogens is 220 g/mol. The van der Waals surface area contributed by atoms with E-state index in [9.17, 15) is 4.79 Å². The third kappa shape index (κ3) is 3.41. The first kappa shape index (κ1) is 12.9. The van der Waals surface area contributed by atoms with Gasteiger partial charge in [-0.2, -0.15) is 5.26 Å². The summed E-state index contributed by atoms with van der Waals surface area (Å²) in [5, 5.41) is 8.90. The lowest BCUT2D eigenvalue weighted by Gasteiger charge is -2.20. The van der Waals surface area contributed by atoms with Crippen LogP contribution < -0.4 is 4.90 Å². The highest BCUT2D eigenvalue weighted by molar-refractivity contribution is 5.75. The molecule has 0 fully saturated rings. The van der Waals surface area contributed by atoms with Gasteiger partial charge in [0.1, 0.15) is 12.6 Å². The molecule has 6 nitrogen and oxygen atoms in total. The average molecular weight is 234 g/mol. The largest absolute Gasteiger partial charge is 0.465 e. The molecule has 1 aromatic rings. The number of ether oxygens (including phenoxy) is 1. The Morgan fingerprint density at radius 3 is 2.76 bits per heavy atom. The number of anilines is 1. The second-order valence-corrected chi connectivity index (χ2v) is 3.16. The third-order valence-corrected chi connectivity index (χ3v) is 2.09. The minimum Gasteiger partial charge on any atom is -0.465 e. The van der Waals surface area contributed by atoms with Crippen LogP contribution in [0.3, 0.4) is 0 Å². The van der Waals surface area contributed by atoms with Crippen LogP contribution in [0.4, 0.5) is 5.82 Å². The van der Waals surface area contributed by atoms with Crippen LogP contribution in [-0.4, -0.2) is 35.6 Å². The number of rotatable bonds is 5. The van der Waals surface area contributed by atoms with Crippen LogP contribution in [-0.2, 0) is 9.53 Å². The number of hydrogen-bond acceptors (Lipinski definition) is 6. The summed E-state index contributed by atoms with van der Waals surface area (Å²) < 4.78 is 4.86. The quantitative estimate of drug-likeness (QED) is 0.699. The summed E-state index contributed by atoms with van der Waals surface area (Å²) in [5.41, 5.74) is 0.207. The van der Waals surface area contributed by atoms with Crippen molar-refractivity contribution in [1.29, 1.82) is 5.26 Å². The molecular formula is C11H14N4O2. The summed E-state index contributed by atoms with van der Waals surface area (Å²) in [4.78, 5) is 21.0. The summed E-state index contributed by atoms with van der Waals surface area (Å²) in [7, 11) is 0. The Labute approximate surface area is 99.9 Å². The Hall–Kier alpha value is -2.16. The van der Waals surface area contributed by atoms with Gasteiger partial charge >= 0.3 is 5.97 Å². The minimum absolute atomic E-state index is 0.0672. The normalized spacial score (nSPS) is 9.47. The SMILES string of the molecule is CCOC(=O)CN(CC)c1nccnc1C#N. The van der Waals surface area contributed by atoms with Crippen LogP contribution in [0.1, 0.15) is 19.5 Å². The number of nitrogens with zero attached hydrogens (tertiary/aromatic N) is 4. The lowest BCUT2D eigenvalue weighted by atomic mass is 10.3. The Morgan fingerprint density at radius 1 is 1.47 bits per heavy atom. The fourth-order valence-corrected chi connectivity index (χ4v) is 1.34. The molecule has 0 saturated heterocycles. The second kappa shape index (κ2) is 6.43. The van der Waals surface area contributed by atoms with E-state index >= 15 is 0 Å². The summed E-state index contributed by atoms with van der Waals surface area (Å²) in [6, 6.07) is 1.95. The van der Waals surface area contributed by atoms with Crippen molar-refractivity contribution in [3.63, 3.8) is 0 Å². The molecule has 0 aromatic carbocycles. The molecule has 0 atom stereocenters. The van der Waals surface area contributed by atoms with Gasteiger partial charge in [0.05, 0.1) is 6.61 Å². The van der Waals surface area contributed by atoms with Gasteiger partial charge in [-0.1, -0.05) is 0 Å². The van der Waals surface area contributed by atoms with E-state index in [2.05, 4.69) is 9.97 Å². The molecule has 0 spiro atoms. The zero-order valence-corrected chi connectivity index (χ0v) is 9.88. The van der Waals surface area contributed by atoms with E-state index in [1.54, 1.807) is 11.8 Å².